The lowest BCUT2D eigenvalue weighted by Gasteiger charge is -2.39. The lowest BCUT2D eigenvalue weighted by molar-refractivity contribution is -0.138. The molecule has 6 saturated heterocycles. The highest BCUT2D eigenvalue weighted by Crippen LogP contribution is 2.41. The van der Waals surface area contributed by atoms with E-state index in [4.69, 9.17) is 19.4 Å². The molecule has 640 valence electrons. The standard InChI is InChI=1S/2C44H53N11O6/c2*1-27-33-25-46-44(49-40(33)55(30-6-4-5-7-30)43(60)38(27)28(2)56)47-36-10-8-31(24-45-36)52-18-14-50(15-19-52)12-13-51-16-20-53(21-17-51)32-22-29-26-54(34-9-11-37(57)48-41(34)58)42(59)39(29)35(23-32)61-3/h2*8,10,22-25,30,34H,4-7,9,11-21,26H2,1-3H3,(H,48,57,58)(H,45,46,47,49). The number of nitrogens with one attached hydrogen (secondary N) is 4. The van der Waals surface area contributed by atoms with Gasteiger partial charge in [0.05, 0.1) is 60.2 Å². The number of piperazine rings is 4. The molecular weight excluding hydrogens is 1560 g/mol. The van der Waals surface area contributed by atoms with Gasteiger partial charge in [-0.2, -0.15) is 9.97 Å². The number of benzene rings is 2. The van der Waals surface area contributed by atoms with Crippen molar-refractivity contribution in [3.05, 3.63) is 139 Å². The maximum atomic E-state index is 13.6. The van der Waals surface area contributed by atoms with Crippen LogP contribution in [-0.2, 0) is 32.3 Å². The minimum absolute atomic E-state index is 0.0121. The second-order valence-corrected chi connectivity index (χ2v) is 33.7. The van der Waals surface area contributed by atoms with E-state index >= 15 is 0 Å². The topological polar surface area (TPSA) is 357 Å². The van der Waals surface area contributed by atoms with Crippen LogP contribution in [0.25, 0.3) is 22.1 Å². The summed E-state index contributed by atoms with van der Waals surface area (Å²) in [6, 6.07) is 14.7. The van der Waals surface area contributed by atoms with Gasteiger partial charge in [0, 0.05) is 216 Å². The summed E-state index contributed by atoms with van der Waals surface area (Å²) in [6.07, 6.45) is 15.9. The third-order valence-corrected chi connectivity index (χ3v) is 26.5. The number of imide groups is 2. The van der Waals surface area contributed by atoms with Crippen molar-refractivity contribution in [1.82, 2.24) is 79.1 Å². The van der Waals surface area contributed by atoms with Crippen molar-refractivity contribution < 1.29 is 47.8 Å². The number of pyridine rings is 4. The first kappa shape index (κ1) is 82.4. The van der Waals surface area contributed by atoms with Crippen LogP contribution in [0, 0.1) is 13.8 Å². The van der Waals surface area contributed by atoms with Gasteiger partial charge in [-0.25, -0.2) is 19.9 Å². The van der Waals surface area contributed by atoms with Gasteiger partial charge in [-0.1, -0.05) is 25.7 Å². The molecule has 2 aromatic carbocycles. The molecule has 2 unspecified atom stereocenters. The van der Waals surface area contributed by atoms with Gasteiger partial charge < -0.3 is 49.5 Å². The first-order valence-electron chi connectivity index (χ1n) is 43.0. The number of Topliss-reactive ketones (excluding diaryl/α,β-unsaturated/α-hetero) is 2. The highest BCUT2D eigenvalue weighted by Gasteiger charge is 2.44. The molecule has 14 heterocycles. The van der Waals surface area contributed by atoms with Crippen molar-refractivity contribution >= 4 is 115 Å². The number of hydrogen-bond acceptors (Lipinski definition) is 28. The quantitative estimate of drug-likeness (QED) is 0.0413. The number of piperidine rings is 2. The van der Waals surface area contributed by atoms with Gasteiger partial charge in [-0.05, 0) is 125 Å². The maximum Gasteiger partial charge on any atom is 0.263 e. The van der Waals surface area contributed by atoms with Gasteiger partial charge in [0.2, 0.25) is 35.5 Å². The molecule has 6 aromatic heterocycles. The number of rotatable bonds is 22. The van der Waals surface area contributed by atoms with Crippen molar-refractivity contribution in [3.63, 3.8) is 0 Å². The number of ketones is 2. The molecule has 2 aliphatic carbocycles. The monoisotopic (exact) mass is 1660 g/mol. The SMILES string of the molecule is COc1cc(N2CCN(CCN3CCN(c4ccc(Nc5ncc6c(C)c(C(C)=O)c(=O)n(C7CCCC7)c6n5)nc4)CC3)CC2)cc2c1C(=O)N(C1CCC(=O)NC1=O)C2.COc1cc(N2CCN(CCN3CCN(c4ccc(Nc5ncc6c(C)c(C(C)=O)c(=O)n(C7CCCC7)c6n5)nc4)CC3)CC2)cc2c1C(=O)N(C1CCC(=O)NC1=O)C2. The number of aromatic nitrogens is 8. The van der Waals surface area contributed by atoms with Gasteiger partial charge in [-0.15, -0.1) is 0 Å². The Labute approximate surface area is 706 Å². The van der Waals surface area contributed by atoms with Crippen LogP contribution in [0.2, 0.25) is 0 Å². The predicted molar refractivity (Wildman–Crippen MR) is 460 cm³/mol. The maximum absolute atomic E-state index is 13.6. The zero-order valence-electron chi connectivity index (χ0n) is 70.2. The average Bonchev–Trinajstić information content (AvgIpc) is 1.16. The van der Waals surface area contributed by atoms with Crippen molar-refractivity contribution in [1.29, 1.82) is 0 Å². The third-order valence-electron chi connectivity index (χ3n) is 26.5. The van der Waals surface area contributed by atoms with Crippen LogP contribution in [-0.4, -0.2) is 273 Å². The van der Waals surface area contributed by atoms with Crippen LogP contribution in [0.4, 0.5) is 46.3 Å². The number of aryl methyl sites for hydroxylation is 2. The van der Waals surface area contributed by atoms with Crippen molar-refractivity contribution in [2.24, 2.45) is 0 Å². The van der Waals surface area contributed by atoms with Crippen molar-refractivity contribution in [2.45, 2.75) is 142 Å². The Bertz CT molecular complexity index is 5200. The molecule has 0 bridgehead atoms. The number of ether oxygens (including phenoxy) is 2. The normalized spacial score (nSPS) is 20.4. The average molecular weight is 1660 g/mol. The number of methoxy groups -OCH3 is 2. The van der Waals surface area contributed by atoms with Crippen LogP contribution in [0.3, 0.4) is 0 Å². The van der Waals surface area contributed by atoms with Crippen molar-refractivity contribution in [3.8, 4) is 11.5 Å². The summed E-state index contributed by atoms with van der Waals surface area (Å²) < 4.78 is 14.8. The summed E-state index contributed by atoms with van der Waals surface area (Å²) >= 11 is 0. The Morgan fingerprint density at radius 1 is 0.434 bits per heavy atom. The van der Waals surface area contributed by atoms with Crippen LogP contribution in [0.15, 0.2) is 82.9 Å². The molecule has 0 spiro atoms. The molecule has 10 aliphatic rings. The number of carbonyl (C=O) groups is 8. The van der Waals surface area contributed by atoms with E-state index in [1.54, 1.807) is 59.4 Å². The van der Waals surface area contributed by atoms with Gasteiger partial charge >= 0.3 is 0 Å². The molecule has 8 aromatic rings. The van der Waals surface area contributed by atoms with E-state index < -0.39 is 23.9 Å². The molecule has 8 fully saturated rings. The second kappa shape index (κ2) is 35.3. The van der Waals surface area contributed by atoms with Crippen LogP contribution < -0.4 is 61.5 Å². The lowest BCUT2D eigenvalue weighted by atomic mass is 10.0. The Hall–Kier alpha value is -11.9. The predicted octanol–water partition coefficient (Wildman–Crippen LogP) is 6.54. The number of nitrogens with zero attached hydrogens (tertiary/aromatic N) is 18. The Morgan fingerprint density at radius 3 is 1.09 bits per heavy atom. The summed E-state index contributed by atoms with van der Waals surface area (Å²) in [5.74, 6) is 0.568. The van der Waals surface area contributed by atoms with E-state index in [-0.39, 0.29) is 82.4 Å². The van der Waals surface area contributed by atoms with E-state index in [2.05, 4.69) is 105 Å². The largest absolute Gasteiger partial charge is 0.496 e. The Morgan fingerprint density at radius 2 is 0.779 bits per heavy atom. The molecule has 18 rings (SSSR count). The number of carbonyl (C=O) groups excluding carboxylic acids is 8. The van der Waals surface area contributed by atoms with Gasteiger partial charge in [-0.3, -0.25) is 87.3 Å². The zero-order valence-corrected chi connectivity index (χ0v) is 70.2. The minimum Gasteiger partial charge on any atom is -0.496 e. The number of hydrogen-bond donors (Lipinski definition) is 4. The molecular formula is C88H106N22O12. The Kier molecular flexibility index (Phi) is 23.8. The zero-order chi connectivity index (χ0) is 84.7. The van der Waals surface area contributed by atoms with Crippen molar-refractivity contribution in [2.75, 3.05) is 175 Å². The highest BCUT2D eigenvalue weighted by atomic mass is 16.5. The summed E-state index contributed by atoms with van der Waals surface area (Å²) in [7, 11) is 3.14. The lowest BCUT2D eigenvalue weighted by Crippen LogP contribution is -2.52. The van der Waals surface area contributed by atoms with Gasteiger partial charge in [0.15, 0.2) is 11.6 Å². The number of fused-ring (bicyclic) bond motifs is 4. The molecule has 2 saturated carbocycles. The van der Waals surface area contributed by atoms with E-state index in [0.717, 1.165) is 216 Å². The minimum atomic E-state index is -0.663. The van der Waals surface area contributed by atoms with Crippen LogP contribution in [0.5, 0.6) is 11.5 Å². The molecule has 4 N–H and O–H groups in total. The molecule has 6 amide bonds. The van der Waals surface area contributed by atoms with E-state index in [1.165, 1.54) is 13.8 Å². The summed E-state index contributed by atoms with van der Waals surface area (Å²) in [5.41, 5.74) is 9.06. The highest BCUT2D eigenvalue weighted by molar-refractivity contribution is 6.08. The van der Waals surface area contributed by atoms with Gasteiger partial charge in [0.1, 0.15) is 46.5 Å². The number of anilines is 8. The first-order chi connectivity index (χ1) is 59.1. The molecule has 2 atom stereocenters. The van der Waals surface area contributed by atoms with Crippen LogP contribution >= 0.6 is 0 Å². The van der Waals surface area contributed by atoms with E-state index in [1.807, 2.05) is 36.7 Å². The molecule has 0 radical (unpaired) electrons. The Balaban J connectivity index is 0.000000173. The molecule has 122 heavy (non-hydrogen) atoms. The summed E-state index contributed by atoms with van der Waals surface area (Å²) in [4.78, 5) is 178. The summed E-state index contributed by atoms with van der Waals surface area (Å²) in [6.45, 7) is 25.7. The molecule has 8 aliphatic heterocycles. The van der Waals surface area contributed by atoms with Gasteiger partial charge in [0.25, 0.3) is 22.9 Å². The van der Waals surface area contributed by atoms with E-state index in [9.17, 15) is 47.9 Å². The van der Waals surface area contributed by atoms with Crippen LogP contribution in [0.1, 0.15) is 167 Å². The fourth-order valence-electron chi connectivity index (χ4n) is 19.6. The molecule has 34 heteroatoms. The smallest absolute Gasteiger partial charge is 0.263 e. The fraction of sp³-hybridized carbons (Fsp3) is 0.500. The first-order valence-corrected chi connectivity index (χ1v) is 43.0. The summed E-state index contributed by atoms with van der Waals surface area (Å²) in [5, 5.41) is 12.6. The molecule has 34 nitrogen and oxygen atoms in total. The van der Waals surface area contributed by atoms with E-state index in [0.29, 0.717) is 105 Å². The third kappa shape index (κ3) is 16.8. The fourth-order valence-corrected chi connectivity index (χ4v) is 19.6. The number of amides is 6. The second-order valence-electron chi connectivity index (χ2n) is 33.7.